The molecule has 1 heterocycles. The van der Waals surface area contributed by atoms with Crippen molar-refractivity contribution in [2.45, 2.75) is 19.4 Å². The standard InChI is InChI=1S/C11H15NO/c1-4-9(2)11(3,13)10-6-5-7-12-8-10/h4-9,13H,1H2,2-3H3/t9-,11+/m1/s1. The molecule has 0 aliphatic rings. The van der Waals surface area contributed by atoms with E-state index in [4.69, 9.17) is 0 Å². The van der Waals surface area contributed by atoms with E-state index in [9.17, 15) is 5.11 Å². The van der Waals surface area contributed by atoms with Crippen molar-refractivity contribution in [1.29, 1.82) is 0 Å². The van der Waals surface area contributed by atoms with Crippen LogP contribution in [0.1, 0.15) is 19.4 Å². The van der Waals surface area contributed by atoms with Crippen LogP contribution in [-0.4, -0.2) is 10.1 Å². The Kier molecular flexibility index (Phi) is 2.83. The summed E-state index contributed by atoms with van der Waals surface area (Å²) in [6, 6.07) is 3.69. The molecule has 2 nitrogen and oxygen atoms in total. The molecule has 13 heavy (non-hydrogen) atoms. The Bertz CT molecular complexity index is 279. The average molecular weight is 177 g/mol. The fraction of sp³-hybridized carbons (Fsp3) is 0.364. The molecule has 0 saturated heterocycles. The second-order valence-corrected chi connectivity index (χ2v) is 3.41. The third-order valence-electron chi connectivity index (χ3n) is 2.49. The summed E-state index contributed by atoms with van der Waals surface area (Å²) in [4.78, 5) is 3.97. The van der Waals surface area contributed by atoms with E-state index in [1.54, 1.807) is 25.4 Å². The van der Waals surface area contributed by atoms with Crippen molar-refractivity contribution in [3.63, 3.8) is 0 Å². The van der Waals surface area contributed by atoms with E-state index in [-0.39, 0.29) is 5.92 Å². The number of nitrogens with zero attached hydrogens (tertiary/aromatic N) is 1. The molecule has 1 aromatic rings. The summed E-state index contributed by atoms with van der Waals surface area (Å²) in [5, 5.41) is 10.1. The minimum atomic E-state index is -0.879. The molecule has 2 atom stereocenters. The van der Waals surface area contributed by atoms with Gasteiger partial charge in [0.15, 0.2) is 0 Å². The van der Waals surface area contributed by atoms with Crippen LogP contribution in [0, 0.1) is 5.92 Å². The third-order valence-corrected chi connectivity index (χ3v) is 2.49. The zero-order chi connectivity index (χ0) is 9.90. The Labute approximate surface area is 78.9 Å². The fourth-order valence-corrected chi connectivity index (χ4v) is 1.15. The van der Waals surface area contributed by atoms with Crippen LogP contribution in [0.2, 0.25) is 0 Å². The number of hydrogen-bond acceptors (Lipinski definition) is 2. The van der Waals surface area contributed by atoms with Crippen molar-refractivity contribution in [2.75, 3.05) is 0 Å². The number of rotatable bonds is 3. The van der Waals surface area contributed by atoms with Crippen molar-refractivity contribution in [1.82, 2.24) is 4.98 Å². The summed E-state index contributed by atoms with van der Waals surface area (Å²) in [6.07, 6.45) is 5.12. The Morgan fingerprint density at radius 2 is 2.38 bits per heavy atom. The zero-order valence-electron chi connectivity index (χ0n) is 8.07. The van der Waals surface area contributed by atoms with Gasteiger partial charge in [-0.15, -0.1) is 6.58 Å². The van der Waals surface area contributed by atoms with Gasteiger partial charge in [0.25, 0.3) is 0 Å². The molecule has 0 fully saturated rings. The molecule has 0 radical (unpaired) electrons. The normalized spacial score (nSPS) is 17.5. The van der Waals surface area contributed by atoms with Gasteiger partial charge in [-0.05, 0) is 13.0 Å². The van der Waals surface area contributed by atoms with Crippen LogP contribution in [0.4, 0.5) is 0 Å². The third kappa shape index (κ3) is 1.95. The van der Waals surface area contributed by atoms with E-state index in [0.29, 0.717) is 0 Å². The molecule has 0 aliphatic heterocycles. The van der Waals surface area contributed by atoms with E-state index in [0.717, 1.165) is 5.56 Å². The summed E-state index contributed by atoms with van der Waals surface area (Å²) in [5.41, 5.74) is -0.0573. The molecule has 0 unspecified atom stereocenters. The van der Waals surface area contributed by atoms with E-state index >= 15 is 0 Å². The minimum Gasteiger partial charge on any atom is -0.385 e. The van der Waals surface area contributed by atoms with Crippen LogP contribution < -0.4 is 0 Å². The van der Waals surface area contributed by atoms with E-state index in [1.165, 1.54) is 0 Å². The van der Waals surface area contributed by atoms with Crippen molar-refractivity contribution < 1.29 is 5.11 Å². The molecule has 1 aromatic heterocycles. The summed E-state index contributed by atoms with van der Waals surface area (Å²) in [7, 11) is 0. The quantitative estimate of drug-likeness (QED) is 0.717. The van der Waals surface area contributed by atoms with Crippen molar-refractivity contribution in [2.24, 2.45) is 5.92 Å². The maximum Gasteiger partial charge on any atom is 0.0942 e. The average Bonchev–Trinajstić information content (AvgIpc) is 2.18. The molecule has 0 bridgehead atoms. The fourth-order valence-electron chi connectivity index (χ4n) is 1.15. The molecular formula is C11H15NO. The first kappa shape index (κ1) is 9.93. The molecule has 0 saturated carbocycles. The molecule has 1 N–H and O–H groups in total. The van der Waals surface area contributed by atoms with Gasteiger partial charge in [-0.1, -0.05) is 19.1 Å². The van der Waals surface area contributed by atoms with E-state index < -0.39 is 5.60 Å². The summed E-state index contributed by atoms with van der Waals surface area (Å²) in [6.45, 7) is 7.38. The van der Waals surface area contributed by atoms with Crippen LogP contribution in [-0.2, 0) is 5.60 Å². The number of aliphatic hydroxyl groups is 1. The molecule has 0 spiro atoms. The van der Waals surface area contributed by atoms with Gasteiger partial charge in [-0.2, -0.15) is 0 Å². The van der Waals surface area contributed by atoms with Crippen LogP contribution >= 0.6 is 0 Å². The van der Waals surface area contributed by atoms with Crippen LogP contribution in [0.3, 0.4) is 0 Å². The first-order chi connectivity index (χ1) is 6.09. The summed E-state index contributed by atoms with van der Waals surface area (Å²) < 4.78 is 0. The maximum atomic E-state index is 10.1. The van der Waals surface area contributed by atoms with Gasteiger partial charge in [0.05, 0.1) is 5.60 Å². The summed E-state index contributed by atoms with van der Waals surface area (Å²) >= 11 is 0. The Hall–Kier alpha value is -1.15. The van der Waals surface area contributed by atoms with Crippen molar-refractivity contribution >= 4 is 0 Å². The van der Waals surface area contributed by atoms with Gasteiger partial charge in [-0.3, -0.25) is 4.98 Å². The molecule has 0 aromatic carbocycles. The highest BCUT2D eigenvalue weighted by Gasteiger charge is 2.28. The second kappa shape index (κ2) is 3.71. The lowest BCUT2D eigenvalue weighted by atomic mass is 9.85. The number of pyridine rings is 1. The molecule has 70 valence electrons. The van der Waals surface area contributed by atoms with Gasteiger partial charge >= 0.3 is 0 Å². The van der Waals surface area contributed by atoms with Crippen molar-refractivity contribution in [3.8, 4) is 0 Å². The highest BCUT2D eigenvalue weighted by Crippen LogP contribution is 2.28. The minimum absolute atomic E-state index is 0.0108. The lowest BCUT2D eigenvalue weighted by Crippen LogP contribution is -2.28. The van der Waals surface area contributed by atoms with Gasteiger partial charge in [0, 0.05) is 23.9 Å². The zero-order valence-corrected chi connectivity index (χ0v) is 8.07. The Morgan fingerprint density at radius 1 is 1.69 bits per heavy atom. The molecule has 1 rings (SSSR count). The lowest BCUT2D eigenvalue weighted by Gasteiger charge is -2.28. The predicted octanol–water partition coefficient (Wildman–Crippen LogP) is 2.11. The largest absolute Gasteiger partial charge is 0.385 e. The molecular weight excluding hydrogens is 162 g/mol. The summed E-state index contributed by atoms with van der Waals surface area (Å²) in [5.74, 6) is 0.0108. The number of hydrogen-bond donors (Lipinski definition) is 1. The van der Waals surface area contributed by atoms with Crippen molar-refractivity contribution in [3.05, 3.63) is 42.7 Å². The number of aromatic nitrogens is 1. The van der Waals surface area contributed by atoms with Gasteiger partial charge in [0.2, 0.25) is 0 Å². The van der Waals surface area contributed by atoms with Gasteiger partial charge < -0.3 is 5.11 Å². The monoisotopic (exact) mass is 177 g/mol. The second-order valence-electron chi connectivity index (χ2n) is 3.41. The van der Waals surface area contributed by atoms with Gasteiger partial charge in [0.1, 0.15) is 0 Å². The highest BCUT2D eigenvalue weighted by molar-refractivity contribution is 5.19. The van der Waals surface area contributed by atoms with E-state index in [2.05, 4.69) is 11.6 Å². The predicted molar refractivity (Wildman–Crippen MR) is 53.2 cm³/mol. The Balaban J connectivity index is 3.00. The Morgan fingerprint density at radius 3 is 2.85 bits per heavy atom. The van der Waals surface area contributed by atoms with E-state index in [1.807, 2.05) is 19.1 Å². The first-order valence-corrected chi connectivity index (χ1v) is 4.34. The molecule has 0 aliphatic carbocycles. The smallest absolute Gasteiger partial charge is 0.0942 e. The SMILES string of the molecule is C=C[C@@H](C)[C@](C)(O)c1cccnc1. The van der Waals surface area contributed by atoms with Gasteiger partial charge in [-0.25, -0.2) is 0 Å². The lowest BCUT2D eigenvalue weighted by molar-refractivity contribution is 0.0202. The highest BCUT2D eigenvalue weighted by atomic mass is 16.3. The van der Waals surface area contributed by atoms with Crippen LogP contribution in [0.15, 0.2) is 37.2 Å². The topological polar surface area (TPSA) is 33.1 Å². The molecule has 2 heteroatoms. The maximum absolute atomic E-state index is 10.1. The molecule has 0 amide bonds. The first-order valence-electron chi connectivity index (χ1n) is 4.34. The van der Waals surface area contributed by atoms with Crippen LogP contribution in [0.25, 0.3) is 0 Å². The van der Waals surface area contributed by atoms with Crippen LogP contribution in [0.5, 0.6) is 0 Å².